The van der Waals surface area contributed by atoms with Gasteiger partial charge < -0.3 is 10.6 Å². The van der Waals surface area contributed by atoms with Gasteiger partial charge in [0.15, 0.2) is 5.96 Å². The van der Waals surface area contributed by atoms with Gasteiger partial charge in [-0.2, -0.15) is 0 Å². The number of fused-ring (bicyclic) bond motifs is 1. The van der Waals surface area contributed by atoms with Crippen molar-refractivity contribution in [3.05, 3.63) is 57.8 Å². The van der Waals surface area contributed by atoms with Crippen molar-refractivity contribution in [1.29, 1.82) is 0 Å². The first-order valence-electron chi connectivity index (χ1n) is 7.41. The molecule has 0 radical (unpaired) electrons. The van der Waals surface area contributed by atoms with Gasteiger partial charge in [0, 0.05) is 30.9 Å². The van der Waals surface area contributed by atoms with Gasteiger partial charge in [-0.15, -0.1) is 11.3 Å². The predicted molar refractivity (Wildman–Crippen MR) is 90.3 cm³/mol. The number of nitrogens with zero attached hydrogens (tertiary/aromatic N) is 1. The van der Waals surface area contributed by atoms with E-state index in [1.165, 1.54) is 22.4 Å². The molecule has 4 heteroatoms. The minimum absolute atomic E-state index is 0.622. The lowest BCUT2D eigenvalue weighted by Crippen LogP contribution is -2.41. The molecule has 3 nitrogen and oxygen atoms in total. The van der Waals surface area contributed by atoms with Gasteiger partial charge in [-0.05, 0) is 35.4 Å². The Labute approximate surface area is 130 Å². The summed E-state index contributed by atoms with van der Waals surface area (Å²) < 4.78 is 0. The van der Waals surface area contributed by atoms with Crippen LogP contribution in [0.25, 0.3) is 0 Å². The molecule has 0 amide bonds. The molecule has 0 spiro atoms. The molecule has 110 valence electrons. The second kappa shape index (κ2) is 6.76. The second-order valence-corrected chi connectivity index (χ2v) is 6.34. The van der Waals surface area contributed by atoms with Gasteiger partial charge in [0.25, 0.3) is 0 Å². The third-order valence-electron chi connectivity index (χ3n) is 3.94. The van der Waals surface area contributed by atoms with Gasteiger partial charge >= 0.3 is 0 Å². The van der Waals surface area contributed by atoms with E-state index in [9.17, 15) is 0 Å². The van der Waals surface area contributed by atoms with E-state index in [1.54, 1.807) is 11.3 Å². The quantitative estimate of drug-likeness (QED) is 0.658. The Hall–Kier alpha value is -1.81. The van der Waals surface area contributed by atoms with Crippen LogP contribution in [0.4, 0.5) is 0 Å². The molecule has 3 rings (SSSR count). The Bertz CT molecular complexity index is 604. The largest absolute Gasteiger partial charge is 0.356 e. The molecule has 1 aromatic carbocycles. The molecule has 1 heterocycles. The normalized spacial score (nSPS) is 17.0. The number of hydrogen-bond donors (Lipinski definition) is 2. The lowest BCUT2D eigenvalue weighted by molar-refractivity contribution is 0.584. The Morgan fingerprint density at radius 1 is 1.24 bits per heavy atom. The molecule has 1 aliphatic rings. The molecule has 0 bridgehead atoms. The van der Waals surface area contributed by atoms with Crippen LogP contribution in [0.1, 0.15) is 21.9 Å². The molecule has 1 atom stereocenters. The maximum Gasteiger partial charge on any atom is 0.191 e. The summed E-state index contributed by atoms with van der Waals surface area (Å²) >= 11 is 1.81. The van der Waals surface area contributed by atoms with Crippen LogP contribution in [-0.4, -0.2) is 26.1 Å². The van der Waals surface area contributed by atoms with E-state index in [4.69, 9.17) is 0 Å². The molecule has 1 aliphatic carbocycles. The van der Waals surface area contributed by atoms with Crippen LogP contribution in [0.3, 0.4) is 0 Å². The van der Waals surface area contributed by atoms with Gasteiger partial charge in [-0.25, -0.2) is 0 Å². The SMILES string of the molecule is CN=C(NCCc1cccs1)NCC1Cc2ccccc21. The third kappa shape index (κ3) is 3.45. The van der Waals surface area contributed by atoms with Crippen molar-refractivity contribution in [2.75, 3.05) is 20.1 Å². The number of benzene rings is 1. The van der Waals surface area contributed by atoms with Crippen molar-refractivity contribution in [2.24, 2.45) is 4.99 Å². The first-order chi connectivity index (χ1) is 10.4. The first kappa shape index (κ1) is 14.1. The summed E-state index contributed by atoms with van der Waals surface area (Å²) in [5, 5.41) is 8.94. The fourth-order valence-electron chi connectivity index (χ4n) is 2.74. The maximum absolute atomic E-state index is 4.29. The number of thiophene rings is 1. The molecule has 0 aliphatic heterocycles. The van der Waals surface area contributed by atoms with Crippen LogP contribution in [0.5, 0.6) is 0 Å². The zero-order valence-electron chi connectivity index (χ0n) is 12.3. The van der Waals surface area contributed by atoms with E-state index in [2.05, 4.69) is 57.4 Å². The topological polar surface area (TPSA) is 36.4 Å². The van der Waals surface area contributed by atoms with Crippen molar-refractivity contribution in [3.8, 4) is 0 Å². The highest BCUT2D eigenvalue weighted by atomic mass is 32.1. The summed E-state index contributed by atoms with van der Waals surface area (Å²) in [6, 6.07) is 13.0. The average molecular weight is 299 g/mol. The number of nitrogens with one attached hydrogen (secondary N) is 2. The summed E-state index contributed by atoms with van der Waals surface area (Å²) in [4.78, 5) is 5.70. The fourth-order valence-corrected chi connectivity index (χ4v) is 3.45. The zero-order chi connectivity index (χ0) is 14.5. The van der Waals surface area contributed by atoms with Gasteiger partial charge in [0.2, 0.25) is 0 Å². The Morgan fingerprint density at radius 2 is 2.14 bits per heavy atom. The second-order valence-electron chi connectivity index (χ2n) is 5.31. The summed E-state index contributed by atoms with van der Waals surface area (Å²) in [5.74, 6) is 1.52. The molecule has 1 aromatic heterocycles. The minimum atomic E-state index is 0.622. The van der Waals surface area contributed by atoms with E-state index in [0.717, 1.165) is 25.5 Å². The monoisotopic (exact) mass is 299 g/mol. The maximum atomic E-state index is 4.29. The lowest BCUT2D eigenvalue weighted by atomic mass is 9.78. The Balaban J connectivity index is 1.42. The highest BCUT2D eigenvalue weighted by Gasteiger charge is 2.25. The van der Waals surface area contributed by atoms with Gasteiger partial charge in [-0.1, -0.05) is 30.3 Å². The molecule has 0 fully saturated rings. The third-order valence-corrected chi connectivity index (χ3v) is 4.88. The highest BCUT2D eigenvalue weighted by Crippen LogP contribution is 2.33. The average Bonchev–Trinajstić information content (AvgIpc) is 2.99. The predicted octanol–water partition coefficient (Wildman–Crippen LogP) is 2.80. The number of rotatable bonds is 5. The summed E-state index contributed by atoms with van der Waals surface area (Å²) in [6.45, 7) is 1.87. The summed E-state index contributed by atoms with van der Waals surface area (Å²) in [5.41, 5.74) is 2.98. The van der Waals surface area contributed by atoms with Gasteiger partial charge in [0.1, 0.15) is 0 Å². The molecule has 2 aromatic rings. The molecule has 0 saturated carbocycles. The fraction of sp³-hybridized carbons (Fsp3) is 0.353. The van der Waals surface area contributed by atoms with Crippen molar-refractivity contribution >= 4 is 17.3 Å². The van der Waals surface area contributed by atoms with Crippen LogP contribution in [0, 0.1) is 0 Å². The van der Waals surface area contributed by atoms with Crippen LogP contribution >= 0.6 is 11.3 Å². The number of aliphatic imine (C=N–C) groups is 1. The van der Waals surface area contributed by atoms with Gasteiger partial charge in [-0.3, -0.25) is 4.99 Å². The number of hydrogen-bond acceptors (Lipinski definition) is 2. The molecular weight excluding hydrogens is 278 g/mol. The molecule has 0 saturated heterocycles. The van der Waals surface area contributed by atoms with Crippen molar-refractivity contribution in [2.45, 2.75) is 18.8 Å². The zero-order valence-corrected chi connectivity index (χ0v) is 13.1. The molecular formula is C17H21N3S. The van der Waals surface area contributed by atoms with E-state index >= 15 is 0 Å². The van der Waals surface area contributed by atoms with Crippen molar-refractivity contribution in [3.63, 3.8) is 0 Å². The van der Waals surface area contributed by atoms with E-state index in [-0.39, 0.29) is 0 Å². The molecule has 21 heavy (non-hydrogen) atoms. The summed E-state index contributed by atoms with van der Waals surface area (Å²) in [7, 11) is 1.83. The van der Waals surface area contributed by atoms with E-state index < -0.39 is 0 Å². The smallest absolute Gasteiger partial charge is 0.191 e. The standard InChI is InChI=1S/C17H21N3S/c1-18-17(19-9-8-15-6-4-10-21-15)20-12-14-11-13-5-2-3-7-16(13)14/h2-7,10,14H,8-9,11-12H2,1H3,(H2,18,19,20). The van der Waals surface area contributed by atoms with Crippen LogP contribution in [0.15, 0.2) is 46.8 Å². The van der Waals surface area contributed by atoms with Crippen LogP contribution in [0.2, 0.25) is 0 Å². The van der Waals surface area contributed by atoms with Gasteiger partial charge in [0.05, 0.1) is 0 Å². The first-order valence-corrected chi connectivity index (χ1v) is 8.29. The highest BCUT2D eigenvalue weighted by molar-refractivity contribution is 7.09. The van der Waals surface area contributed by atoms with Crippen LogP contribution in [-0.2, 0) is 12.8 Å². The lowest BCUT2D eigenvalue weighted by Gasteiger charge is -2.30. The molecule has 1 unspecified atom stereocenters. The minimum Gasteiger partial charge on any atom is -0.356 e. The Morgan fingerprint density at radius 3 is 2.90 bits per heavy atom. The van der Waals surface area contributed by atoms with E-state index in [1.807, 2.05) is 7.05 Å². The van der Waals surface area contributed by atoms with Crippen molar-refractivity contribution in [1.82, 2.24) is 10.6 Å². The van der Waals surface area contributed by atoms with Crippen molar-refractivity contribution < 1.29 is 0 Å². The van der Waals surface area contributed by atoms with Crippen LogP contribution < -0.4 is 10.6 Å². The number of guanidine groups is 1. The Kier molecular flexibility index (Phi) is 4.55. The summed E-state index contributed by atoms with van der Waals surface area (Å²) in [6.07, 6.45) is 2.22. The molecule has 2 N–H and O–H groups in total. The van der Waals surface area contributed by atoms with E-state index in [0.29, 0.717) is 5.92 Å².